The van der Waals surface area contributed by atoms with Gasteiger partial charge in [-0.2, -0.15) is 0 Å². The maximum atomic E-state index is 14.0. The van der Waals surface area contributed by atoms with E-state index in [2.05, 4.69) is 20.9 Å². The number of nitrogens with zero attached hydrogens (tertiary/aromatic N) is 3. The van der Waals surface area contributed by atoms with Crippen LogP contribution >= 0.6 is 15.9 Å². The summed E-state index contributed by atoms with van der Waals surface area (Å²) in [6.07, 6.45) is 1.62. The van der Waals surface area contributed by atoms with Crippen LogP contribution in [0.15, 0.2) is 41.0 Å². The average Bonchev–Trinajstić information content (AvgIpc) is 2.45. The summed E-state index contributed by atoms with van der Waals surface area (Å²) in [4.78, 5) is 19.8. The Balaban J connectivity index is 2.40. The molecule has 0 aliphatic heterocycles. The number of carbonyl (C=O) groups excluding carboxylic acids is 1. The third kappa shape index (κ3) is 3.21. The number of benzene rings is 1. The van der Waals surface area contributed by atoms with E-state index in [4.69, 9.17) is 0 Å². The zero-order valence-electron chi connectivity index (χ0n) is 12.0. The van der Waals surface area contributed by atoms with Gasteiger partial charge in [0, 0.05) is 31.8 Å². The zero-order valence-corrected chi connectivity index (χ0v) is 13.6. The summed E-state index contributed by atoms with van der Waals surface area (Å²) in [5.41, 5.74) is 0.643. The second-order valence-electron chi connectivity index (χ2n) is 4.73. The zero-order chi connectivity index (χ0) is 15.6. The highest BCUT2D eigenvalue weighted by Gasteiger charge is 2.20. The van der Waals surface area contributed by atoms with Gasteiger partial charge in [0.25, 0.3) is 5.91 Å². The summed E-state index contributed by atoms with van der Waals surface area (Å²) in [6, 6.07) is 7.94. The van der Waals surface area contributed by atoms with E-state index in [1.54, 1.807) is 56.5 Å². The van der Waals surface area contributed by atoms with Gasteiger partial charge < -0.3 is 9.80 Å². The third-order valence-electron chi connectivity index (χ3n) is 3.02. The molecule has 0 unspecified atom stereocenters. The Hall–Kier alpha value is -1.95. The lowest BCUT2D eigenvalue weighted by Crippen LogP contribution is -2.29. The molecule has 0 bridgehead atoms. The van der Waals surface area contributed by atoms with Crippen molar-refractivity contribution >= 4 is 33.3 Å². The fourth-order valence-electron chi connectivity index (χ4n) is 1.96. The molecule has 0 saturated heterocycles. The van der Waals surface area contributed by atoms with Gasteiger partial charge in [-0.15, -0.1) is 0 Å². The van der Waals surface area contributed by atoms with E-state index in [-0.39, 0.29) is 11.6 Å². The Labute approximate surface area is 131 Å². The van der Waals surface area contributed by atoms with Crippen LogP contribution in [0.3, 0.4) is 0 Å². The molecule has 1 amide bonds. The van der Waals surface area contributed by atoms with Crippen molar-refractivity contribution in [2.45, 2.75) is 0 Å². The van der Waals surface area contributed by atoms with Crippen molar-refractivity contribution in [1.82, 2.24) is 4.98 Å². The van der Waals surface area contributed by atoms with Gasteiger partial charge in [-0.25, -0.2) is 9.37 Å². The number of amides is 1. The monoisotopic (exact) mass is 351 g/mol. The molecule has 21 heavy (non-hydrogen) atoms. The summed E-state index contributed by atoms with van der Waals surface area (Å²) < 4.78 is 14.6. The number of rotatable bonds is 3. The topological polar surface area (TPSA) is 36.4 Å². The maximum Gasteiger partial charge on any atom is 0.261 e. The summed E-state index contributed by atoms with van der Waals surface area (Å²) in [6.45, 7) is 0. The van der Waals surface area contributed by atoms with Crippen LogP contribution in [0.25, 0.3) is 0 Å². The minimum atomic E-state index is -0.462. The molecule has 1 heterocycles. The predicted molar refractivity (Wildman–Crippen MR) is 85.4 cm³/mol. The van der Waals surface area contributed by atoms with E-state index in [1.807, 2.05) is 0 Å². The van der Waals surface area contributed by atoms with E-state index >= 15 is 0 Å². The van der Waals surface area contributed by atoms with Crippen LogP contribution in [-0.4, -0.2) is 32.0 Å². The maximum absolute atomic E-state index is 14.0. The Kier molecular flexibility index (Phi) is 4.57. The highest BCUT2D eigenvalue weighted by molar-refractivity contribution is 9.10. The molecule has 2 aromatic rings. The molecule has 1 aromatic heterocycles. The van der Waals surface area contributed by atoms with E-state index in [0.717, 1.165) is 0 Å². The fourth-order valence-corrected chi connectivity index (χ4v) is 2.30. The van der Waals surface area contributed by atoms with Crippen molar-refractivity contribution in [2.24, 2.45) is 0 Å². The number of aromatic nitrogens is 1. The fraction of sp³-hybridized carbons (Fsp3) is 0.200. The van der Waals surface area contributed by atoms with Crippen LogP contribution in [0.4, 0.5) is 15.9 Å². The van der Waals surface area contributed by atoms with Crippen LogP contribution in [0.5, 0.6) is 0 Å². The molecule has 0 saturated carbocycles. The second kappa shape index (κ2) is 6.22. The lowest BCUT2D eigenvalue weighted by Gasteiger charge is -2.21. The Morgan fingerprint density at radius 2 is 1.95 bits per heavy atom. The first-order valence-corrected chi connectivity index (χ1v) is 7.06. The Morgan fingerprint density at radius 1 is 1.24 bits per heavy atom. The van der Waals surface area contributed by atoms with Crippen LogP contribution in [-0.2, 0) is 0 Å². The van der Waals surface area contributed by atoms with Crippen molar-refractivity contribution in [3.63, 3.8) is 0 Å². The van der Waals surface area contributed by atoms with E-state index in [0.29, 0.717) is 15.9 Å². The van der Waals surface area contributed by atoms with Crippen molar-refractivity contribution in [3.8, 4) is 0 Å². The normalized spacial score (nSPS) is 10.3. The van der Waals surface area contributed by atoms with E-state index < -0.39 is 5.82 Å². The molecule has 0 atom stereocenters. The van der Waals surface area contributed by atoms with Crippen LogP contribution in [0.2, 0.25) is 0 Å². The van der Waals surface area contributed by atoms with Crippen LogP contribution < -0.4 is 9.80 Å². The number of carbonyl (C=O) groups is 1. The number of pyridine rings is 1. The number of halogens is 2. The molecule has 0 radical (unpaired) electrons. The second-order valence-corrected chi connectivity index (χ2v) is 5.64. The number of hydrogen-bond acceptors (Lipinski definition) is 3. The third-order valence-corrected chi connectivity index (χ3v) is 3.51. The molecule has 0 aliphatic carbocycles. The summed E-state index contributed by atoms with van der Waals surface area (Å²) >= 11 is 3.20. The average molecular weight is 352 g/mol. The van der Waals surface area contributed by atoms with Crippen LogP contribution in [0, 0.1) is 5.82 Å². The van der Waals surface area contributed by atoms with Crippen molar-refractivity contribution < 1.29 is 9.18 Å². The smallest absolute Gasteiger partial charge is 0.261 e. The van der Waals surface area contributed by atoms with Gasteiger partial charge >= 0.3 is 0 Å². The molecule has 6 heteroatoms. The highest BCUT2D eigenvalue weighted by Crippen LogP contribution is 2.25. The number of anilines is 2. The molecule has 110 valence electrons. The standard InChI is InChI=1S/C15H15BrFN3O/c1-19(2)14-11(5-4-8-18-14)15(21)20(3)13-7-6-10(16)9-12(13)17/h4-9H,1-3H3. The highest BCUT2D eigenvalue weighted by atomic mass is 79.9. The van der Waals surface area contributed by atoms with E-state index in [1.165, 1.54) is 11.0 Å². The quantitative estimate of drug-likeness (QED) is 0.850. The molecule has 0 spiro atoms. The molecule has 1 aromatic carbocycles. The van der Waals surface area contributed by atoms with Crippen molar-refractivity contribution in [3.05, 3.63) is 52.4 Å². The van der Waals surface area contributed by atoms with Crippen molar-refractivity contribution in [2.75, 3.05) is 30.9 Å². The molecule has 0 aliphatic rings. The summed E-state index contributed by atoms with van der Waals surface area (Å²) in [5, 5.41) is 0. The number of hydrogen-bond donors (Lipinski definition) is 0. The largest absolute Gasteiger partial charge is 0.362 e. The molecular weight excluding hydrogens is 337 g/mol. The van der Waals surface area contributed by atoms with E-state index in [9.17, 15) is 9.18 Å². The molecular formula is C15H15BrFN3O. The van der Waals surface area contributed by atoms with Gasteiger partial charge in [0.15, 0.2) is 0 Å². The molecule has 0 N–H and O–H groups in total. The van der Waals surface area contributed by atoms with Gasteiger partial charge in [0.05, 0.1) is 11.3 Å². The van der Waals surface area contributed by atoms with Gasteiger partial charge in [0.2, 0.25) is 0 Å². The first-order valence-electron chi connectivity index (χ1n) is 6.27. The van der Waals surface area contributed by atoms with Gasteiger partial charge in [-0.3, -0.25) is 4.79 Å². The van der Waals surface area contributed by atoms with Crippen molar-refractivity contribution in [1.29, 1.82) is 0 Å². The van der Waals surface area contributed by atoms with Crippen LogP contribution in [0.1, 0.15) is 10.4 Å². The summed E-state index contributed by atoms with van der Waals surface area (Å²) in [5.74, 6) is -0.226. The lowest BCUT2D eigenvalue weighted by atomic mass is 10.2. The van der Waals surface area contributed by atoms with Gasteiger partial charge in [0.1, 0.15) is 11.6 Å². The lowest BCUT2D eigenvalue weighted by molar-refractivity contribution is 0.0992. The molecule has 2 rings (SSSR count). The van der Waals surface area contributed by atoms with Gasteiger partial charge in [-0.1, -0.05) is 15.9 Å². The SMILES string of the molecule is CN(C)c1ncccc1C(=O)N(C)c1ccc(Br)cc1F. The Bertz CT molecular complexity index is 676. The molecule has 4 nitrogen and oxygen atoms in total. The minimum absolute atomic E-state index is 0.219. The predicted octanol–water partition coefficient (Wildman–Crippen LogP) is 3.33. The Morgan fingerprint density at radius 3 is 2.57 bits per heavy atom. The summed E-state index contributed by atoms with van der Waals surface area (Å²) in [7, 11) is 5.15. The first-order chi connectivity index (χ1) is 9.91. The van der Waals surface area contributed by atoms with Gasteiger partial charge in [-0.05, 0) is 30.3 Å². The first kappa shape index (κ1) is 15.4. The minimum Gasteiger partial charge on any atom is -0.362 e. The molecule has 0 fully saturated rings.